The number of H-pyrrole nitrogens is 1. The van der Waals surface area contributed by atoms with E-state index in [0.717, 1.165) is 35.0 Å². The van der Waals surface area contributed by atoms with E-state index < -0.39 is 11.5 Å². The number of para-hydroxylation sites is 1. The molecule has 0 bridgehead atoms. The summed E-state index contributed by atoms with van der Waals surface area (Å²) in [5.41, 5.74) is 8.21. The average molecular weight is 244 g/mol. The smallest absolute Gasteiger partial charge is 0.324 e. The topological polar surface area (TPSA) is 79.1 Å². The van der Waals surface area contributed by atoms with Crippen molar-refractivity contribution in [3.8, 4) is 0 Å². The van der Waals surface area contributed by atoms with Gasteiger partial charge in [0.25, 0.3) is 0 Å². The molecule has 0 amide bonds. The predicted octanol–water partition coefficient (Wildman–Crippen LogP) is 1.83. The minimum Gasteiger partial charge on any atom is -0.480 e. The van der Waals surface area contributed by atoms with Crippen LogP contribution in [0.2, 0.25) is 0 Å². The molecule has 0 aliphatic heterocycles. The number of rotatable bonds is 1. The van der Waals surface area contributed by atoms with E-state index in [1.54, 1.807) is 0 Å². The third kappa shape index (κ3) is 1.61. The maximum absolute atomic E-state index is 11.4. The molecule has 2 aromatic rings. The molecule has 1 unspecified atom stereocenters. The van der Waals surface area contributed by atoms with Crippen molar-refractivity contribution in [1.29, 1.82) is 0 Å². The highest BCUT2D eigenvalue weighted by Crippen LogP contribution is 2.31. The molecule has 0 radical (unpaired) electrons. The first kappa shape index (κ1) is 11.3. The fourth-order valence-electron chi connectivity index (χ4n) is 2.84. The summed E-state index contributed by atoms with van der Waals surface area (Å²) in [6.07, 6.45) is 2.61. The van der Waals surface area contributed by atoms with Gasteiger partial charge in [-0.05, 0) is 30.9 Å². The third-order valence-electron chi connectivity index (χ3n) is 3.87. The molecule has 1 atom stereocenters. The first-order chi connectivity index (χ1) is 8.60. The SMILES string of the molecule is NC1(C(=O)O)CCCc2[nH]c3ccccc3c2C1. The van der Waals surface area contributed by atoms with Crippen LogP contribution in [0.4, 0.5) is 0 Å². The van der Waals surface area contributed by atoms with Crippen molar-refractivity contribution >= 4 is 16.9 Å². The summed E-state index contributed by atoms with van der Waals surface area (Å²) in [7, 11) is 0. The van der Waals surface area contributed by atoms with Gasteiger partial charge in [-0.2, -0.15) is 0 Å². The summed E-state index contributed by atoms with van der Waals surface area (Å²) in [5.74, 6) is -0.902. The lowest BCUT2D eigenvalue weighted by atomic mass is 9.89. The molecule has 0 saturated heterocycles. The number of hydrogen-bond donors (Lipinski definition) is 3. The summed E-state index contributed by atoms with van der Waals surface area (Å²) >= 11 is 0. The second-order valence-electron chi connectivity index (χ2n) is 5.12. The molecule has 4 nitrogen and oxygen atoms in total. The van der Waals surface area contributed by atoms with Gasteiger partial charge >= 0.3 is 5.97 Å². The molecule has 1 aromatic heterocycles. The zero-order valence-corrected chi connectivity index (χ0v) is 10.1. The molecule has 0 fully saturated rings. The second kappa shape index (κ2) is 3.85. The zero-order chi connectivity index (χ0) is 12.8. The van der Waals surface area contributed by atoms with Gasteiger partial charge in [-0.1, -0.05) is 18.2 Å². The Bertz CT molecular complexity index is 617. The molecule has 0 saturated carbocycles. The van der Waals surface area contributed by atoms with E-state index in [2.05, 4.69) is 4.98 Å². The van der Waals surface area contributed by atoms with Crippen LogP contribution in [0.15, 0.2) is 24.3 Å². The standard InChI is InChI=1S/C14H16N2O2/c15-14(13(17)18)7-3-6-12-10(8-14)9-4-1-2-5-11(9)16-12/h1-2,4-5,16H,3,6-8,15H2,(H,17,18). The number of nitrogens with one attached hydrogen (secondary N) is 1. The molecule has 1 heterocycles. The van der Waals surface area contributed by atoms with Crippen molar-refractivity contribution in [2.75, 3.05) is 0 Å². The number of fused-ring (bicyclic) bond motifs is 3. The van der Waals surface area contributed by atoms with E-state index in [4.69, 9.17) is 5.73 Å². The van der Waals surface area contributed by atoms with Crippen molar-refractivity contribution < 1.29 is 9.90 Å². The zero-order valence-electron chi connectivity index (χ0n) is 10.1. The van der Waals surface area contributed by atoms with Crippen molar-refractivity contribution in [2.45, 2.75) is 31.2 Å². The van der Waals surface area contributed by atoms with Crippen LogP contribution in [-0.4, -0.2) is 21.6 Å². The minimum absolute atomic E-state index is 0.404. The van der Waals surface area contributed by atoms with Gasteiger partial charge in [0.2, 0.25) is 0 Å². The number of aromatic nitrogens is 1. The molecule has 94 valence electrons. The van der Waals surface area contributed by atoms with E-state index in [1.807, 2.05) is 24.3 Å². The summed E-state index contributed by atoms with van der Waals surface area (Å²) < 4.78 is 0. The number of hydrogen-bond acceptors (Lipinski definition) is 2. The van der Waals surface area contributed by atoms with Crippen LogP contribution in [0.3, 0.4) is 0 Å². The van der Waals surface area contributed by atoms with Crippen LogP contribution in [0.25, 0.3) is 10.9 Å². The van der Waals surface area contributed by atoms with Crippen LogP contribution in [0, 0.1) is 0 Å². The normalized spacial score (nSPS) is 23.6. The largest absolute Gasteiger partial charge is 0.480 e. The molecule has 0 spiro atoms. The molecule has 1 aliphatic carbocycles. The summed E-state index contributed by atoms with van der Waals surface area (Å²) in [5, 5.41) is 10.4. The van der Waals surface area contributed by atoms with E-state index in [-0.39, 0.29) is 0 Å². The molecule has 1 aromatic carbocycles. The molecule has 4 N–H and O–H groups in total. The maximum atomic E-state index is 11.4. The molecule has 1 aliphatic rings. The number of nitrogens with two attached hydrogens (primary N) is 1. The van der Waals surface area contributed by atoms with Crippen LogP contribution in [0.5, 0.6) is 0 Å². The Morgan fingerprint density at radius 1 is 1.39 bits per heavy atom. The third-order valence-corrected chi connectivity index (χ3v) is 3.87. The van der Waals surface area contributed by atoms with Crippen molar-refractivity contribution in [2.24, 2.45) is 5.73 Å². The molecule has 18 heavy (non-hydrogen) atoms. The highest BCUT2D eigenvalue weighted by Gasteiger charge is 2.37. The van der Waals surface area contributed by atoms with Crippen molar-refractivity contribution in [3.63, 3.8) is 0 Å². The van der Waals surface area contributed by atoms with E-state index in [1.165, 1.54) is 0 Å². The highest BCUT2D eigenvalue weighted by molar-refractivity contribution is 5.87. The lowest BCUT2D eigenvalue weighted by molar-refractivity contribution is -0.143. The molecule has 4 heteroatoms. The van der Waals surface area contributed by atoms with Gasteiger partial charge in [0, 0.05) is 23.0 Å². The predicted molar refractivity (Wildman–Crippen MR) is 69.5 cm³/mol. The Balaban J connectivity index is 2.15. The van der Waals surface area contributed by atoms with Gasteiger partial charge in [-0.15, -0.1) is 0 Å². The van der Waals surface area contributed by atoms with E-state index in [0.29, 0.717) is 12.8 Å². The number of carboxylic acids is 1. The summed E-state index contributed by atoms with van der Waals surface area (Å²) in [4.78, 5) is 14.7. The first-order valence-corrected chi connectivity index (χ1v) is 6.21. The van der Waals surface area contributed by atoms with Crippen molar-refractivity contribution in [1.82, 2.24) is 4.98 Å². The number of carboxylic acid groups (broad SMARTS) is 1. The van der Waals surface area contributed by atoms with Gasteiger partial charge in [0.1, 0.15) is 5.54 Å². The van der Waals surface area contributed by atoms with Gasteiger partial charge in [0.15, 0.2) is 0 Å². The fraction of sp³-hybridized carbons (Fsp3) is 0.357. The van der Waals surface area contributed by atoms with E-state index in [9.17, 15) is 9.90 Å². The monoisotopic (exact) mass is 244 g/mol. The fourth-order valence-corrected chi connectivity index (χ4v) is 2.84. The van der Waals surface area contributed by atoms with Gasteiger partial charge in [-0.3, -0.25) is 4.79 Å². The molecular formula is C14H16N2O2. The number of carbonyl (C=O) groups is 1. The van der Waals surface area contributed by atoms with Gasteiger partial charge < -0.3 is 15.8 Å². The Morgan fingerprint density at radius 3 is 2.94 bits per heavy atom. The van der Waals surface area contributed by atoms with Gasteiger partial charge in [0.05, 0.1) is 0 Å². The Hall–Kier alpha value is -1.81. The highest BCUT2D eigenvalue weighted by atomic mass is 16.4. The van der Waals surface area contributed by atoms with Crippen LogP contribution in [0.1, 0.15) is 24.1 Å². The summed E-state index contributed by atoms with van der Waals surface area (Å²) in [6.45, 7) is 0. The first-order valence-electron chi connectivity index (χ1n) is 6.21. The second-order valence-corrected chi connectivity index (χ2v) is 5.12. The van der Waals surface area contributed by atoms with Crippen LogP contribution in [-0.2, 0) is 17.6 Å². The minimum atomic E-state index is -1.13. The number of aromatic amines is 1. The average Bonchev–Trinajstić information content (AvgIpc) is 2.58. The van der Waals surface area contributed by atoms with E-state index >= 15 is 0 Å². The van der Waals surface area contributed by atoms with Crippen LogP contribution >= 0.6 is 0 Å². The number of aryl methyl sites for hydroxylation is 1. The van der Waals surface area contributed by atoms with Gasteiger partial charge in [-0.25, -0.2) is 0 Å². The quantitative estimate of drug-likeness (QED) is 0.669. The Morgan fingerprint density at radius 2 is 2.17 bits per heavy atom. The lowest BCUT2D eigenvalue weighted by Gasteiger charge is -2.22. The van der Waals surface area contributed by atoms with Crippen molar-refractivity contribution in [3.05, 3.63) is 35.5 Å². The number of benzene rings is 1. The molecule has 3 rings (SSSR count). The number of aliphatic carboxylic acids is 1. The molecular weight excluding hydrogens is 228 g/mol. The van der Waals surface area contributed by atoms with Crippen LogP contribution < -0.4 is 5.73 Å². The lowest BCUT2D eigenvalue weighted by Crippen LogP contribution is -2.49. The Labute approximate surface area is 105 Å². The summed E-state index contributed by atoms with van der Waals surface area (Å²) in [6, 6.07) is 7.99. The maximum Gasteiger partial charge on any atom is 0.324 e. The Kier molecular flexibility index (Phi) is 2.41.